The van der Waals surface area contributed by atoms with Gasteiger partial charge in [-0.05, 0) is 37.1 Å². The van der Waals surface area contributed by atoms with E-state index in [1.807, 2.05) is 30.6 Å². The Morgan fingerprint density at radius 1 is 1.00 bits per heavy atom. The summed E-state index contributed by atoms with van der Waals surface area (Å²) in [5, 5.41) is 0.765. The van der Waals surface area contributed by atoms with Crippen molar-refractivity contribution in [2.75, 3.05) is 0 Å². The summed E-state index contributed by atoms with van der Waals surface area (Å²) in [7, 11) is 0. The van der Waals surface area contributed by atoms with Gasteiger partial charge in [0, 0.05) is 16.9 Å². The lowest BCUT2D eigenvalue weighted by atomic mass is 10.1. The van der Waals surface area contributed by atoms with Crippen LogP contribution in [0.2, 0.25) is 5.02 Å². The molecular formula is C17H23ClN2. The average Bonchev–Trinajstić information content (AvgIpc) is 2.92. The lowest BCUT2D eigenvalue weighted by Crippen LogP contribution is -1.89. The Balaban J connectivity index is 1.79. The van der Waals surface area contributed by atoms with Gasteiger partial charge >= 0.3 is 0 Å². The zero-order valence-corrected chi connectivity index (χ0v) is 12.9. The molecule has 0 amide bonds. The summed E-state index contributed by atoms with van der Waals surface area (Å²) in [5.74, 6) is 0. The van der Waals surface area contributed by atoms with E-state index in [9.17, 15) is 0 Å². The zero-order chi connectivity index (χ0) is 14.2. The fourth-order valence-corrected chi connectivity index (χ4v) is 2.46. The van der Waals surface area contributed by atoms with Gasteiger partial charge in [-0.15, -0.1) is 0 Å². The van der Waals surface area contributed by atoms with Crippen molar-refractivity contribution in [3.05, 3.63) is 47.5 Å². The van der Waals surface area contributed by atoms with Gasteiger partial charge in [-0.2, -0.15) is 0 Å². The molecule has 0 atom stereocenters. The van der Waals surface area contributed by atoms with Crippen molar-refractivity contribution < 1.29 is 0 Å². The van der Waals surface area contributed by atoms with E-state index in [1.165, 1.54) is 44.2 Å². The summed E-state index contributed by atoms with van der Waals surface area (Å²) < 4.78 is 2.06. The number of hydrogen-bond acceptors (Lipinski definition) is 1. The maximum Gasteiger partial charge on any atom is 0.0995 e. The van der Waals surface area contributed by atoms with Crippen molar-refractivity contribution in [3.8, 4) is 5.69 Å². The highest BCUT2D eigenvalue weighted by atomic mass is 35.5. The van der Waals surface area contributed by atoms with Gasteiger partial charge in [0.05, 0.1) is 12.0 Å². The van der Waals surface area contributed by atoms with Gasteiger partial charge in [0.15, 0.2) is 0 Å². The lowest BCUT2D eigenvalue weighted by Gasteiger charge is -2.01. The molecule has 1 aromatic carbocycles. The van der Waals surface area contributed by atoms with Crippen LogP contribution in [0.3, 0.4) is 0 Å². The Bertz CT molecular complexity index is 502. The van der Waals surface area contributed by atoms with Crippen molar-refractivity contribution >= 4 is 11.6 Å². The van der Waals surface area contributed by atoms with Crippen LogP contribution < -0.4 is 0 Å². The van der Waals surface area contributed by atoms with Crippen LogP contribution in [0.25, 0.3) is 5.69 Å². The molecule has 2 rings (SSSR count). The first-order valence-electron chi connectivity index (χ1n) is 7.58. The number of unbranched alkanes of at least 4 members (excludes halogenated alkanes) is 5. The molecule has 0 aliphatic carbocycles. The van der Waals surface area contributed by atoms with Crippen LogP contribution in [0.5, 0.6) is 0 Å². The molecule has 1 heterocycles. The standard InChI is InChI=1S/C17H23ClN2/c1-2-3-4-5-6-7-8-16-13-20(14-19-16)17-11-9-15(18)10-12-17/h9-14H,2-8H2,1H3. The van der Waals surface area contributed by atoms with E-state index < -0.39 is 0 Å². The second kappa shape index (κ2) is 8.11. The topological polar surface area (TPSA) is 17.8 Å². The number of hydrogen-bond donors (Lipinski definition) is 0. The van der Waals surface area contributed by atoms with Crippen LogP contribution in [0, 0.1) is 0 Å². The van der Waals surface area contributed by atoms with Gasteiger partial charge in [0.25, 0.3) is 0 Å². The number of rotatable bonds is 8. The number of imidazole rings is 1. The fraction of sp³-hybridized carbons (Fsp3) is 0.471. The highest BCUT2D eigenvalue weighted by Crippen LogP contribution is 2.15. The number of nitrogens with zero attached hydrogens (tertiary/aromatic N) is 2. The molecule has 0 N–H and O–H groups in total. The highest BCUT2D eigenvalue weighted by molar-refractivity contribution is 6.30. The van der Waals surface area contributed by atoms with E-state index in [4.69, 9.17) is 11.6 Å². The van der Waals surface area contributed by atoms with E-state index >= 15 is 0 Å². The molecule has 108 valence electrons. The predicted octanol–water partition coefficient (Wildman–Crippen LogP) is 5.43. The van der Waals surface area contributed by atoms with Gasteiger partial charge in [-0.1, -0.05) is 50.6 Å². The summed E-state index contributed by atoms with van der Waals surface area (Å²) in [5.41, 5.74) is 2.28. The Morgan fingerprint density at radius 2 is 1.70 bits per heavy atom. The molecule has 1 aromatic heterocycles. The molecule has 0 radical (unpaired) electrons. The molecule has 0 fully saturated rings. The molecule has 3 heteroatoms. The minimum atomic E-state index is 0.765. The fourth-order valence-electron chi connectivity index (χ4n) is 2.33. The highest BCUT2D eigenvalue weighted by Gasteiger charge is 2.01. The number of aryl methyl sites for hydroxylation is 1. The number of benzene rings is 1. The maximum absolute atomic E-state index is 5.90. The summed E-state index contributed by atoms with van der Waals surface area (Å²) in [4.78, 5) is 4.48. The first-order valence-corrected chi connectivity index (χ1v) is 7.96. The molecule has 0 bridgehead atoms. The van der Waals surface area contributed by atoms with Crippen LogP contribution in [0.15, 0.2) is 36.8 Å². The van der Waals surface area contributed by atoms with Gasteiger partial charge in [-0.3, -0.25) is 0 Å². The molecule has 20 heavy (non-hydrogen) atoms. The molecule has 0 saturated carbocycles. The van der Waals surface area contributed by atoms with Crippen LogP contribution >= 0.6 is 11.6 Å². The third-order valence-corrected chi connectivity index (χ3v) is 3.80. The molecule has 0 aliphatic rings. The van der Waals surface area contributed by atoms with E-state index in [0.717, 1.165) is 17.1 Å². The molecule has 2 aromatic rings. The second-order valence-electron chi connectivity index (χ2n) is 5.27. The quantitative estimate of drug-likeness (QED) is 0.593. The first kappa shape index (κ1) is 15.1. The summed E-state index contributed by atoms with van der Waals surface area (Å²) in [6, 6.07) is 7.84. The minimum Gasteiger partial charge on any atom is -0.306 e. The average molecular weight is 291 g/mol. The largest absolute Gasteiger partial charge is 0.306 e. The summed E-state index contributed by atoms with van der Waals surface area (Å²) in [6.07, 6.45) is 13.0. The Kier molecular flexibility index (Phi) is 6.13. The third-order valence-electron chi connectivity index (χ3n) is 3.55. The molecular weight excluding hydrogens is 268 g/mol. The predicted molar refractivity (Wildman–Crippen MR) is 85.7 cm³/mol. The van der Waals surface area contributed by atoms with Crippen LogP contribution in [-0.2, 0) is 6.42 Å². The van der Waals surface area contributed by atoms with Crippen LogP contribution in [0.1, 0.15) is 51.1 Å². The van der Waals surface area contributed by atoms with E-state index in [1.54, 1.807) is 0 Å². The third kappa shape index (κ3) is 4.68. The van der Waals surface area contributed by atoms with Crippen molar-refractivity contribution in [3.63, 3.8) is 0 Å². The molecule has 0 aliphatic heterocycles. The Hall–Kier alpha value is -1.28. The smallest absolute Gasteiger partial charge is 0.0995 e. The van der Waals surface area contributed by atoms with Gasteiger partial charge < -0.3 is 4.57 Å². The zero-order valence-electron chi connectivity index (χ0n) is 12.2. The van der Waals surface area contributed by atoms with Crippen LogP contribution in [0.4, 0.5) is 0 Å². The van der Waals surface area contributed by atoms with Gasteiger partial charge in [-0.25, -0.2) is 4.98 Å². The molecule has 2 nitrogen and oxygen atoms in total. The van der Waals surface area contributed by atoms with E-state index in [-0.39, 0.29) is 0 Å². The Labute approximate surface area is 126 Å². The SMILES string of the molecule is CCCCCCCCc1cn(-c2ccc(Cl)cc2)cn1. The molecule has 0 saturated heterocycles. The van der Waals surface area contributed by atoms with Gasteiger partial charge in [0.1, 0.15) is 0 Å². The summed E-state index contributed by atoms with van der Waals surface area (Å²) in [6.45, 7) is 2.25. The number of halogens is 1. The monoisotopic (exact) mass is 290 g/mol. The number of aromatic nitrogens is 2. The second-order valence-corrected chi connectivity index (χ2v) is 5.70. The van der Waals surface area contributed by atoms with E-state index in [0.29, 0.717) is 0 Å². The Morgan fingerprint density at radius 3 is 2.45 bits per heavy atom. The normalized spacial score (nSPS) is 10.9. The van der Waals surface area contributed by atoms with Crippen molar-refractivity contribution in [1.29, 1.82) is 0 Å². The van der Waals surface area contributed by atoms with Crippen molar-refractivity contribution in [2.45, 2.75) is 51.9 Å². The van der Waals surface area contributed by atoms with Crippen LogP contribution in [-0.4, -0.2) is 9.55 Å². The van der Waals surface area contributed by atoms with Gasteiger partial charge in [0.2, 0.25) is 0 Å². The summed E-state index contributed by atoms with van der Waals surface area (Å²) >= 11 is 5.90. The maximum atomic E-state index is 5.90. The first-order chi connectivity index (χ1) is 9.79. The van der Waals surface area contributed by atoms with Crippen molar-refractivity contribution in [1.82, 2.24) is 9.55 Å². The van der Waals surface area contributed by atoms with Crippen molar-refractivity contribution in [2.24, 2.45) is 0 Å². The van der Waals surface area contributed by atoms with E-state index in [2.05, 4.69) is 22.7 Å². The lowest BCUT2D eigenvalue weighted by molar-refractivity contribution is 0.605. The molecule has 0 spiro atoms. The minimum absolute atomic E-state index is 0.765. The molecule has 0 unspecified atom stereocenters.